The van der Waals surface area contributed by atoms with Gasteiger partial charge in [0.25, 0.3) is 5.56 Å². The number of thiazole rings is 1. The van der Waals surface area contributed by atoms with Crippen LogP contribution in [0.5, 0.6) is 0 Å². The molecule has 1 amide bonds. The first-order valence-electron chi connectivity index (χ1n) is 14.7. The van der Waals surface area contributed by atoms with Crippen LogP contribution in [-0.4, -0.2) is 45.6 Å². The number of hydrogen-bond donors (Lipinski definition) is 0. The second-order valence-electron chi connectivity index (χ2n) is 10.8. The van der Waals surface area contributed by atoms with E-state index in [1.165, 1.54) is 22.7 Å². The largest absolute Gasteiger partial charge is 0.463 e. The lowest BCUT2D eigenvalue weighted by atomic mass is 9.97. The van der Waals surface area contributed by atoms with Gasteiger partial charge in [-0.15, -0.1) is 11.3 Å². The molecular formula is C34H30N4O4S2. The Kier molecular flexibility index (Phi) is 7.61. The summed E-state index contributed by atoms with van der Waals surface area (Å²) in [7, 11) is 0. The molecule has 1 saturated heterocycles. The molecule has 0 N–H and O–H groups in total. The zero-order chi connectivity index (χ0) is 30.2. The molecule has 2 aliphatic rings. The van der Waals surface area contributed by atoms with Crippen molar-refractivity contribution in [3.8, 4) is 0 Å². The minimum Gasteiger partial charge on any atom is -0.463 e. The lowest BCUT2D eigenvalue weighted by Crippen LogP contribution is -2.39. The summed E-state index contributed by atoms with van der Waals surface area (Å²) >= 11 is 2.78. The van der Waals surface area contributed by atoms with Crippen LogP contribution >= 0.6 is 22.7 Å². The van der Waals surface area contributed by atoms with Gasteiger partial charge in [0.1, 0.15) is 12.6 Å². The third-order valence-corrected chi connectivity index (χ3v) is 9.96. The quantitative estimate of drug-likeness (QED) is 0.249. The average molecular weight is 623 g/mol. The second-order valence-corrected chi connectivity index (χ2v) is 12.8. The molecule has 1 atom stereocenters. The van der Waals surface area contributed by atoms with Gasteiger partial charge < -0.3 is 14.2 Å². The molecule has 222 valence electrons. The molecular weight excluding hydrogens is 593 g/mol. The summed E-state index contributed by atoms with van der Waals surface area (Å²) in [6.45, 7) is 3.82. The number of thiophene rings is 1. The van der Waals surface area contributed by atoms with Gasteiger partial charge in [-0.25, -0.2) is 9.79 Å². The topological polar surface area (TPSA) is 85.9 Å². The number of carbonyl (C=O) groups is 2. The van der Waals surface area contributed by atoms with Crippen molar-refractivity contribution in [1.29, 1.82) is 0 Å². The zero-order valence-corrected chi connectivity index (χ0v) is 25.8. The van der Waals surface area contributed by atoms with Crippen molar-refractivity contribution < 1.29 is 14.3 Å². The number of rotatable bonds is 7. The first kappa shape index (κ1) is 28.2. The van der Waals surface area contributed by atoms with E-state index in [1.54, 1.807) is 11.5 Å². The number of esters is 1. The Bertz CT molecular complexity index is 2080. The monoisotopic (exact) mass is 622 g/mol. The molecule has 0 spiro atoms. The van der Waals surface area contributed by atoms with Gasteiger partial charge in [-0.3, -0.25) is 14.2 Å². The van der Waals surface area contributed by atoms with Gasteiger partial charge >= 0.3 is 5.97 Å². The number of nitrogens with zero attached hydrogens (tertiary/aromatic N) is 4. The predicted octanol–water partition coefficient (Wildman–Crippen LogP) is 4.57. The van der Waals surface area contributed by atoms with Crippen molar-refractivity contribution >= 4 is 57.2 Å². The molecule has 0 radical (unpaired) electrons. The minimum absolute atomic E-state index is 0.102. The first-order valence-corrected chi connectivity index (χ1v) is 16.4. The maximum Gasteiger partial charge on any atom is 0.338 e. The van der Waals surface area contributed by atoms with E-state index in [9.17, 15) is 14.4 Å². The van der Waals surface area contributed by atoms with Crippen LogP contribution in [0.4, 0.5) is 0 Å². The van der Waals surface area contributed by atoms with Crippen molar-refractivity contribution in [1.82, 2.24) is 14.0 Å². The maximum absolute atomic E-state index is 14.2. The summed E-state index contributed by atoms with van der Waals surface area (Å²) in [5, 5.41) is 2.90. The summed E-state index contributed by atoms with van der Waals surface area (Å²) in [5.41, 5.74) is 3.18. The number of ether oxygens (including phenoxy) is 1. The Hall–Kier alpha value is -4.54. The Morgan fingerprint density at radius 1 is 1.02 bits per heavy atom. The van der Waals surface area contributed by atoms with Gasteiger partial charge in [0.15, 0.2) is 4.80 Å². The standard InChI is InChI=1S/C34H30N4O4S2/c1-2-42-33(41)29-30(22-11-4-3-5-12-22)35-34-38(31(29)26-15-10-18-43-26)32(40)27(44-34)19-23-20-37(25-14-7-6-13-24(23)25)21-28(39)36-16-8-9-17-36/h3-7,10-15,18-20,31H,2,8-9,16-17,21H2,1H3/b27-19+/t31-/m0/s1. The van der Waals surface area contributed by atoms with Crippen LogP contribution in [0.15, 0.2) is 93.7 Å². The van der Waals surface area contributed by atoms with Gasteiger partial charge in [0.2, 0.25) is 5.91 Å². The summed E-state index contributed by atoms with van der Waals surface area (Å²) < 4.78 is 9.62. The van der Waals surface area contributed by atoms with E-state index in [0.717, 1.165) is 52.8 Å². The fourth-order valence-electron chi connectivity index (χ4n) is 6.03. The molecule has 0 aliphatic carbocycles. The van der Waals surface area contributed by atoms with Gasteiger partial charge in [0.05, 0.1) is 22.4 Å². The van der Waals surface area contributed by atoms with E-state index in [1.807, 2.05) is 93.8 Å². The highest BCUT2D eigenvalue weighted by Crippen LogP contribution is 2.37. The van der Waals surface area contributed by atoms with E-state index in [0.29, 0.717) is 20.6 Å². The normalized spacial score (nSPS) is 16.8. The Labute approximate surface area is 261 Å². The maximum atomic E-state index is 14.2. The van der Waals surface area contributed by atoms with Crippen LogP contribution < -0.4 is 14.9 Å². The molecule has 8 nitrogen and oxygen atoms in total. The number of carbonyl (C=O) groups excluding carboxylic acids is 2. The summed E-state index contributed by atoms with van der Waals surface area (Å²) in [4.78, 5) is 49.0. The summed E-state index contributed by atoms with van der Waals surface area (Å²) in [5.74, 6) is -0.390. The van der Waals surface area contributed by atoms with E-state index < -0.39 is 12.0 Å². The van der Waals surface area contributed by atoms with E-state index >= 15 is 0 Å². The Morgan fingerprint density at radius 2 is 1.80 bits per heavy atom. The molecule has 44 heavy (non-hydrogen) atoms. The first-order chi connectivity index (χ1) is 21.5. The van der Waals surface area contributed by atoms with Crippen molar-refractivity contribution in [3.05, 3.63) is 120 Å². The average Bonchev–Trinajstić information content (AvgIpc) is 3.86. The number of aromatic nitrogens is 2. The van der Waals surface area contributed by atoms with Crippen molar-refractivity contribution in [2.75, 3.05) is 19.7 Å². The highest BCUT2D eigenvalue weighted by Gasteiger charge is 2.35. The summed E-state index contributed by atoms with van der Waals surface area (Å²) in [6, 6.07) is 20.6. The molecule has 3 aromatic heterocycles. The lowest BCUT2D eigenvalue weighted by molar-refractivity contribution is -0.139. The van der Waals surface area contributed by atoms with E-state index in [4.69, 9.17) is 9.73 Å². The highest BCUT2D eigenvalue weighted by atomic mass is 32.1. The fourth-order valence-corrected chi connectivity index (χ4v) is 7.85. The SMILES string of the molecule is CCOC(=O)C1=C(c2ccccc2)N=c2s/c(=C/c3cn(CC(=O)N4CCCC4)c4ccccc34)c(=O)n2[C@H]1c1cccs1. The molecule has 0 bridgehead atoms. The predicted molar refractivity (Wildman–Crippen MR) is 173 cm³/mol. The van der Waals surface area contributed by atoms with Gasteiger partial charge in [0, 0.05) is 46.2 Å². The molecule has 7 rings (SSSR count). The van der Waals surface area contributed by atoms with Gasteiger partial charge in [-0.1, -0.05) is 65.9 Å². The van der Waals surface area contributed by atoms with Crippen molar-refractivity contribution in [2.24, 2.45) is 4.99 Å². The number of para-hydroxylation sites is 1. The number of benzene rings is 2. The van der Waals surface area contributed by atoms with Crippen LogP contribution in [0.25, 0.3) is 22.7 Å². The highest BCUT2D eigenvalue weighted by molar-refractivity contribution is 7.10. The Morgan fingerprint density at radius 3 is 2.55 bits per heavy atom. The van der Waals surface area contributed by atoms with Crippen LogP contribution in [-0.2, 0) is 20.9 Å². The Balaban J connectivity index is 1.40. The summed E-state index contributed by atoms with van der Waals surface area (Å²) in [6.07, 6.45) is 5.92. The van der Waals surface area contributed by atoms with Crippen LogP contribution in [0.1, 0.15) is 41.8 Å². The number of likely N-dealkylation sites (tertiary alicyclic amines) is 1. The minimum atomic E-state index is -0.679. The van der Waals surface area contributed by atoms with Crippen LogP contribution in [0, 0.1) is 0 Å². The molecule has 5 aromatic rings. The number of hydrogen-bond acceptors (Lipinski definition) is 7. The molecule has 5 heterocycles. The van der Waals surface area contributed by atoms with Gasteiger partial charge in [-0.05, 0) is 43.4 Å². The lowest BCUT2D eigenvalue weighted by Gasteiger charge is -2.24. The third kappa shape index (κ3) is 5.03. The van der Waals surface area contributed by atoms with E-state index in [-0.39, 0.29) is 24.6 Å². The molecule has 2 aromatic carbocycles. The van der Waals surface area contributed by atoms with Crippen molar-refractivity contribution in [2.45, 2.75) is 32.4 Å². The molecule has 0 saturated carbocycles. The molecule has 1 fully saturated rings. The number of fused-ring (bicyclic) bond motifs is 2. The van der Waals surface area contributed by atoms with E-state index in [2.05, 4.69) is 0 Å². The molecule has 0 unspecified atom stereocenters. The zero-order valence-electron chi connectivity index (χ0n) is 24.1. The smallest absolute Gasteiger partial charge is 0.338 e. The third-order valence-electron chi connectivity index (χ3n) is 8.06. The molecule has 2 aliphatic heterocycles. The molecule has 10 heteroatoms. The fraction of sp³-hybridized carbons (Fsp3) is 0.235. The second kappa shape index (κ2) is 11.9. The number of amides is 1. The van der Waals surface area contributed by atoms with Crippen molar-refractivity contribution in [3.63, 3.8) is 0 Å². The van der Waals surface area contributed by atoms with Gasteiger partial charge in [-0.2, -0.15) is 0 Å². The van der Waals surface area contributed by atoms with Crippen LogP contribution in [0.3, 0.4) is 0 Å². The van der Waals surface area contributed by atoms with Crippen LogP contribution in [0.2, 0.25) is 0 Å².